The fraction of sp³-hybridized carbons (Fsp3) is 0.265. The highest BCUT2D eigenvalue weighted by molar-refractivity contribution is 5.92. The van der Waals surface area contributed by atoms with Crippen LogP contribution in [-0.2, 0) is 19.1 Å². The van der Waals surface area contributed by atoms with Crippen LogP contribution in [0.15, 0.2) is 85.0 Å². The number of rotatable bonds is 15. The first-order valence-electron chi connectivity index (χ1n) is 13.6. The number of ether oxygens (including phenoxy) is 5. The van der Waals surface area contributed by atoms with Crippen molar-refractivity contribution in [2.24, 2.45) is 0 Å². The van der Waals surface area contributed by atoms with Crippen LogP contribution in [0, 0.1) is 0 Å². The Morgan fingerprint density at radius 2 is 1.43 bits per heavy atom. The predicted molar refractivity (Wildman–Crippen MR) is 161 cm³/mol. The second-order valence-electron chi connectivity index (χ2n) is 9.44. The summed E-state index contributed by atoms with van der Waals surface area (Å²) in [5.41, 5.74) is 3.44. The van der Waals surface area contributed by atoms with Gasteiger partial charge in [-0.3, -0.25) is 0 Å². The van der Waals surface area contributed by atoms with Crippen molar-refractivity contribution in [2.75, 3.05) is 27.4 Å². The third kappa shape index (κ3) is 9.96. The molecule has 0 saturated heterocycles. The number of hydrogen-bond acceptors (Lipinski definition) is 8. The third-order valence-corrected chi connectivity index (χ3v) is 6.20. The Morgan fingerprint density at radius 1 is 0.786 bits per heavy atom. The molecule has 8 nitrogen and oxygen atoms in total. The first kappa shape index (κ1) is 31.7. The van der Waals surface area contributed by atoms with E-state index in [4.69, 9.17) is 18.9 Å². The Bertz CT molecular complexity index is 1390. The van der Waals surface area contributed by atoms with Gasteiger partial charge in [-0.2, -0.15) is 0 Å². The van der Waals surface area contributed by atoms with Gasteiger partial charge in [0, 0.05) is 11.6 Å². The van der Waals surface area contributed by atoms with Crippen molar-refractivity contribution in [3.63, 3.8) is 0 Å². The predicted octanol–water partition coefficient (Wildman–Crippen LogP) is 6.83. The number of carbonyl (C=O) groups excluding carboxylic acids is 3. The summed E-state index contributed by atoms with van der Waals surface area (Å²) in [6.45, 7) is 6.23. The van der Waals surface area contributed by atoms with E-state index < -0.39 is 11.9 Å². The van der Waals surface area contributed by atoms with Crippen molar-refractivity contribution in [1.29, 1.82) is 0 Å². The molecule has 0 unspecified atom stereocenters. The summed E-state index contributed by atoms with van der Waals surface area (Å²) in [4.78, 5) is 35.4. The number of benzene rings is 3. The Balaban J connectivity index is 1.46. The minimum atomic E-state index is -0.519. The number of carbonyl (C=O) groups is 3. The lowest BCUT2D eigenvalue weighted by Gasteiger charge is -2.11. The van der Waals surface area contributed by atoms with Crippen molar-refractivity contribution in [2.45, 2.75) is 32.6 Å². The van der Waals surface area contributed by atoms with Gasteiger partial charge in [0.25, 0.3) is 0 Å². The van der Waals surface area contributed by atoms with E-state index >= 15 is 0 Å². The van der Waals surface area contributed by atoms with Gasteiger partial charge in [0.2, 0.25) is 0 Å². The normalized spacial score (nSPS) is 10.6. The fourth-order valence-electron chi connectivity index (χ4n) is 3.84. The molecular weight excluding hydrogens is 536 g/mol. The second kappa shape index (κ2) is 16.4. The lowest BCUT2D eigenvalue weighted by atomic mass is 10.0. The molecule has 0 heterocycles. The van der Waals surface area contributed by atoms with Gasteiger partial charge in [-0.1, -0.05) is 36.9 Å². The molecule has 0 aliphatic rings. The lowest BCUT2D eigenvalue weighted by Crippen LogP contribution is -2.09. The highest BCUT2D eigenvalue weighted by Gasteiger charge is 2.13. The van der Waals surface area contributed by atoms with E-state index in [2.05, 4.69) is 11.3 Å². The Morgan fingerprint density at radius 3 is 2.05 bits per heavy atom. The smallest absolute Gasteiger partial charge is 0.343 e. The van der Waals surface area contributed by atoms with Gasteiger partial charge in [0.15, 0.2) is 11.5 Å². The molecule has 3 rings (SSSR count). The molecule has 0 aliphatic carbocycles. The van der Waals surface area contributed by atoms with E-state index in [9.17, 15) is 14.4 Å². The van der Waals surface area contributed by atoms with E-state index in [0.717, 1.165) is 42.6 Å². The standard InChI is InChI=1S/C34H36O8/c1-24(2)33(36)41-22-8-6-5-7-21-40-29-17-15-27(16-18-29)26-11-13-28(14-12-26)34(37)42-30-19-9-25(23-31(30)38-3)10-20-32(35)39-4/h9-20,23H,1,5-8,21-22H2,2-4H3. The average molecular weight is 573 g/mol. The van der Waals surface area contributed by atoms with Crippen molar-refractivity contribution in [3.8, 4) is 28.4 Å². The second-order valence-corrected chi connectivity index (χ2v) is 9.44. The summed E-state index contributed by atoms with van der Waals surface area (Å²) in [5.74, 6) is 0.0760. The molecule has 8 heteroatoms. The summed E-state index contributed by atoms with van der Waals surface area (Å²) >= 11 is 0. The molecule has 0 aromatic heterocycles. The SMILES string of the molecule is C=C(C)C(=O)OCCCCCCOc1ccc(-c2ccc(C(=O)Oc3ccc(C=CC(=O)OC)cc3OC)cc2)cc1. The molecule has 0 bridgehead atoms. The van der Waals surface area contributed by atoms with Crippen molar-refractivity contribution in [3.05, 3.63) is 96.1 Å². The van der Waals surface area contributed by atoms with Crippen LogP contribution in [0.5, 0.6) is 17.2 Å². The molecule has 0 amide bonds. The van der Waals surface area contributed by atoms with Crippen molar-refractivity contribution < 1.29 is 38.1 Å². The fourth-order valence-corrected chi connectivity index (χ4v) is 3.84. The monoisotopic (exact) mass is 572 g/mol. The molecule has 220 valence electrons. The topological polar surface area (TPSA) is 97.4 Å². The summed E-state index contributed by atoms with van der Waals surface area (Å²) in [7, 11) is 2.78. The van der Waals surface area contributed by atoms with E-state index in [1.807, 2.05) is 36.4 Å². The molecule has 0 spiro atoms. The van der Waals surface area contributed by atoms with E-state index in [1.54, 1.807) is 43.3 Å². The van der Waals surface area contributed by atoms with Gasteiger partial charge in [-0.05, 0) is 91.8 Å². The maximum absolute atomic E-state index is 12.8. The Labute approximate surface area is 246 Å². The van der Waals surface area contributed by atoms with Gasteiger partial charge >= 0.3 is 17.9 Å². The molecular formula is C34H36O8. The number of esters is 3. The minimum Gasteiger partial charge on any atom is -0.494 e. The van der Waals surface area contributed by atoms with Gasteiger partial charge in [0.05, 0.1) is 33.0 Å². The van der Waals surface area contributed by atoms with Gasteiger partial charge in [0.1, 0.15) is 5.75 Å². The van der Waals surface area contributed by atoms with Crippen molar-refractivity contribution >= 4 is 24.0 Å². The van der Waals surface area contributed by atoms with Gasteiger partial charge in [-0.25, -0.2) is 14.4 Å². The first-order chi connectivity index (χ1) is 20.3. The van der Waals surface area contributed by atoms with Crippen molar-refractivity contribution in [1.82, 2.24) is 0 Å². The van der Waals surface area contributed by atoms with E-state index in [0.29, 0.717) is 35.7 Å². The lowest BCUT2D eigenvalue weighted by molar-refractivity contribution is -0.139. The zero-order chi connectivity index (χ0) is 30.3. The maximum Gasteiger partial charge on any atom is 0.343 e. The molecule has 0 atom stereocenters. The van der Waals surface area contributed by atoms with Crippen LogP contribution in [-0.4, -0.2) is 45.3 Å². The Hall–Kier alpha value is -4.85. The van der Waals surface area contributed by atoms with Crippen LogP contribution in [0.25, 0.3) is 17.2 Å². The largest absolute Gasteiger partial charge is 0.494 e. The van der Waals surface area contributed by atoms with Crippen LogP contribution >= 0.6 is 0 Å². The van der Waals surface area contributed by atoms with Gasteiger partial charge in [-0.15, -0.1) is 0 Å². The van der Waals surface area contributed by atoms with E-state index in [1.165, 1.54) is 20.3 Å². The molecule has 0 saturated carbocycles. The molecule has 3 aromatic carbocycles. The minimum absolute atomic E-state index is 0.265. The quantitative estimate of drug-likeness (QED) is 0.0846. The molecule has 42 heavy (non-hydrogen) atoms. The van der Waals surface area contributed by atoms with Crippen LogP contribution in [0.3, 0.4) is 0 Å². The maximum atomic E-state index is 12.8. The highest BCUT2D eigenvalue weighted by Crippen LogP contribution is 2.30. The summed E-state index contributed by atoms with van der Waals surface area (Å²) < 4.78 is 26.4. The zero-order valence-corrected chi connectivity index (χ0v) is 24.2. The molecule has 0 radical (unpaired) electrons. The summed E-state index contributed by atoms with van der Waals surface area (Å²) in [5, 5.41) is 0. The van der Waals surface area contributed by atoms with E-state index in [-0.39, 0.29) is 11.7 Å². The number of hydrogen-bond donors (Lipinski definition) is 0. The molecule has 3 aromatic rings. The third-order valence-electron chi connectivity index (χ3n) is 6.20. The number of methoxy groups -OCH3 is 2. The number of unbranched alkanes of at least 4 members (excludes halogenated alkanes) is 3. The van der Waals surface area contributed by atoms with Crippen LogP contribution in [0.1, 0.15) is 48.5 Å². The first-order valence-corrected chi connectivity index (χ1v) is 13.6. The highest BCUT2D eigenvalue weighted by atomic mass is 16.6. The zero-order valence-electron chi connectivity index (χ0n) is 24.2. The van der Waals surface area contributed by atoms with Gasteiger partial charge < -0.3 is 23.7 Å². The Kier molecular flexibility index (Phi) is 12.4. The molecule has 0 aliphatic heterocycles. The molecule has 0 N–H and O–H groups in total. The molecule has 0 fully saturated rings. The summed E-state index contributed by atoms with van der Waals surface area (Å²) in [6.07, 6.45) is 6.56. The average Bonchev–Trinajstić information content (AvgIpc) is 3.01. The van der Waals surface area contributed by atoms with Crippen LogP contribution in [0.2, 0.25) is 0 Å². The summed E-state index contributed by atoms with van der Waals surface area (Å²) in [6, 6.07) is 19.9. The van der Waals surface area contributed by atoms with Crippen LogP contribution in [0.4, 0.5) is 0 Å². The van der Waals surface area contributed by atoms with Crippen LogP contribution < -0.4 is 14.2 Å².